The highest BCUT2D eigenvalue weighted by atomic mass is 19.1. The van der Waals surface area contributed by atoms with Gasteiger partial charge in [0.05, 0.1) is 5.56 Å². The number of aromatic carboxylic acids is 1. The quantitative estimate of drug-likeness (QED) is 0.717. The predicted molar refractivity (Wildman–Crippen MR) is 53.9 cm³/mol. The van der Waals surface area contributed by atoms with E-state index in [0.717, 1.165) is 6.07 Å². The van der Waals surface area contributed by atoms with Crippen molar-refractivity contribution in [3.8, 4) is 11.8 Å². The van der Waals surface area contributed by atoms with E-state index >= 15 is 0 Å². The van der Waals surface area contributed by atoms with E-state index in [1.807, 2.05) is 0 Å². The third-order valence-corrected chi connectivity index (χ3v) is 1.70. The first-order chi connectivity index (χ1) is 7.15. The van der Waals surface area contributed by atoms with Gasteiger partial charge in [0.2, 0.25) is 0 Å². The maximum Gasteiger partial charge on any atom is 0.338 e. The Morgan fingerprint density at radius 2 is 2.27 bits per heavy atom. The third-order valence-electron chi connectivity index (χ3n) is 1.70. The minimum Gasteiger partial charge on any atom is -0.478 e. The molecule has 0 radical (unpaired) electrons. The zero-order valence-corrected chi connectivity index (χ0v) is 7.96. The van der Waals surface area contributed by atoms with E-state index in [9.17, 15) is 9.18 Å². The molecule has 0 heterocycles. The molecule has 0 aliphatic rings. The van der Waals surface area contributed by atoms with Crippen molar-refractivity contribution in [3.63, 3.8) is 0 Å². The van der Waals surface area contributed by atoms with Crippen LogP contribution < -0.4 is 5.73 Å². The van der Waals surface area contributed by atoms with E-state index in [-0.39, 0.29) is 5.56 Å². The minimum atomic E-state index is -1.28. The number of rotatable bonds is 2. The summed E-state index contributed by atoms with van der Waals surface area (Å²) in [4.78, 5) is 10.5. The monoisotopic (exact) mass is 207 g/mol. The number of carboxylic acid groups (broad SMARTS) is 1. The van der Waals surface area contributed by atoms with Crippen LogP contribution in [0.1, 0.15) is 22.3 Å². The molecule has 0 amide bonds. The second-order valence-corrected chi connectivity index (χ2v) is 2.84. The average Bonchev–Trinajstić information content (AvgIpc) is 2.17. The Morgan fingerprint density at radius 1 is 1.53 bits per heavy atom. The lowest BCUT2D eigenvalue weighted by atomic mass is 10.1. The van der Waals surface area contributed by atoms with Crippen molar-refractivity contribution in [2.75, 3.05) is 6.54 Å². The first-order valence-corrected chi connectivity index (χ1v) is 4.37. The van der Waals surface area contributed by atoms with Crippen molar-refractivity contribution in [2.45, 2.75) is 6.42 Å². The van der Waals surface area contributed by atoms with Gasteiger partial charge in [-0.05, 0) is 18.2 Å². The number of benzene rings is 1. The second kappa shape index (κ2) is 5.13. The molecule has 3 N–H and O–H groups in total. The van der Waals surface area contributed by atoms with E-state index < -0.39 is 11.8 Å². The topological polar surface area (TPSA) is 63.3 Å². The van der Waals surface area contributed by atoms with Crippen LogP contribution in [0.25, 0.3) is 0 Å². The molecule has 78 valence electrons. The van der Waals surface area contributed by atoms with Crippen LogP contribution in [0.2, 0.25) is 0 Å². The SMILES string of the molecule is NCCC#Cc1ccc(C(=O)O)c(F)c1. The molecule has 0 atom stereocenters. The lowest BCUT2D eigenvalue weighted by Crippen LogP contribution is -2.00. The maximum atomic E-state index is 13.1. The number of nitrogens with two attached hydrogens (primary N) is 1. The van der Waals surface area contributed by atoms with Gasteiger partial charge < -0.3 is 10.8 Å². The summed E-state index contributed by atoms with van der Waals surface area (Å²) < 4.78 is 13.1. The van der Waals surface area contributed by atoms with E-state index in [0.29, 0.717) is 18.5 Å². The smallest absolute Gasteiger partial charge is 0.338 e. The molecular formula is C11H10FNO2. The largest absolute Gasteiger partial charge is 0.478 e. The number of carbonyl (C=O) groups is 1. The zero-order valence-electron chi connectivity index (χ0n) is 7.96. The summed E-state index contributed by atoms with van der Waals surface area (Å²) in [5.74, 6) is 3.37. The standard InChI is InChI=1S/C11H10FNO2/c12-10-7-8(3-1-2-6-13)4-5-9(10)11(14)15/h4-5,7H,2,6,13H2,(H,14,15). The van der Waals surface area contributed by atoms with Crippen LogP contribution in [0.3, 0.4) is 0 Å². The van der Waals surface area contributed by atoms with Crippen LogP contribution in [0.4, 0.5) is 4.39 Å². The molecule has 1 aromatic carbocycles. The van der Waals surface area contributed by atoms with Gasteiger partial charge in [0.15, 0.2) is 0 Å². The number of hydrogen-bond donors (Lipinski definition) is 2. The Hall–Kier alpha value is -1.86. The molecule has 4 heteroatoms. The van der Waals surface area contributed by atoms with Gasteiger partial charge in [-0.25, -0.2) is 9.18 Å². The molecule has 15 heavy (non-hydrogen) atoms. The molecule has 3 nitrogen and oxygen atoms in total. The summed E-state index contributed by atoms with van der Waals surface area (Å²) in [7, 11) is 0. The van der Waals surface area contributed by atoms with E-state index in [4.69, 9.17) is 10.8 Å². The lowest BCUT2D eigenvalue weighted by molar-refractivity contribution is 0.0692. The summed E-state index contributed by atoms with van der Waals surface area (Å²) in [5.41, 5.74) is 5.33. The van der Waals surface area contributed by atoms with Gasteiger partial charge in [-0.3, -0.25) is 0 Å². The van der Waals surface area contributed by atoms with Gasteiger partial charge in [-0.1, -0.05) is 11.8 Å². The van der Waals surface area contributed by atoms with E-state index in [1.54, 1.807) is 0 Å². The number of carboxylic acids is 1. The van der Waals surface area contributed by atoms with Gasteiger partial charge in [0.1, 0.15) is 5.82 Å². The molecule has 1 aromatic rings. The fraction of sp³-hybridized carbons (Fsp3) is 0.182. The Balaban J connectivity index is 2.93. The fourth-order valence-corrected chi connectivity index (χ4v) is 1.00. The van der Waals surface area contributed by atoms with Crippen LogP contribution in [0.5, 0.6) is 0 Å². The first kappa shape index (κ1) is 11.2. The first-order valence-electron chi connectivity index (χ1n) is 4.37. The van der Waals surface area contributed by atoms with Crippen LogP contribution in [0.15, 0.2) is 18.2 Å². The van der Waals surface area contributed by atoms with Crippen LogP contribution in [-0.4, -0.2) is 17.6 Å². The average molecular weight is 207 g/mol. The maximum absolute atomic E-state index is 13.1. The Labute approximate surface area is 86.7 Å². The molecule has 0 saturated carbocycles. The van der Waals surface area contributed by atoms with Gasteiger partial charge in [0, 0.05) is 18.5 Å². The Bertz CT molecular complexity index is 432. The van der Waals surface area contributed by atoms with Gasteiger partial charge in [-0.15, -0.1) is 0 Å². The summed E-state index contributed by atoms with van der Waals surface area (Å²) in [6, 6.07) is 3.77. The highest BCUT2D eigenvalue weighted by Crippen LogP contribution is 2.09. The molecule has 0 saturated heterocycles. The normalized spacial score (nSPS) is 9.20. The van der Waals surface area contributed by atoms with Crippen molar-refractivity contribution < 1.29 is 14.3 Å². The Kier molecular flexibility index (Phi) is 3.83. The molecular weight excluding hydrogens is 197 g/mol. The molecule has 0 aliphatic heterocycles. The van der Waals surface area contributed by atoms with Crippen molar-refractivity contribution in [2.24, 2.45) is 5.73 Å². The zero-order chi connectivity index (χ0) is 11.3. The molecule has 0 aromatic heterocycles. The predicted octanol–water partition coefficient (Wildman–Crippen LogP) is 1.22. The fourth-order valence-electron chi connectivity index (χ4n) is 1.00. The number of hydrogen-bond acceptors (Lipinski definition) is 2. The summed E-state index contributed by atoms with van der Waals surface area (Å²) in [6.45, 7) is 0.447. The Morgan fingerprint density at radius 3 is 2.80 bits per heavy atom. The van der Waals surface area contributed by atoms with Crippen molar-refractivity contribution in [1.82, 2.24) is 0 Å². The van der Waals surface area contributed by atoms with Crippen molar-refractivity contribution in [3.05, 3.63) is 35.1 Å². The third kappa shape index (κ3) is 3.08. The van der Waals surface area contributed by atoms with Crippen LogP contribution in [0, 0.1) is 17.7 Å². The minimum absolute atomic E-state index is 0.348. The van der Waals surface area contributed by atoms with Gasteiger partial charge in [0.25, 0.3) is 0 Å². The van der Waals surface area contributed by atoms with Gasteiger partial charge in [-0.2, -0.15) is 0 Å². The van der Waals surface area contributed by atoms with E-state index in [1.165, 1.54) is 12.1 Å². The lowest BCUT2D eigenvalue weighted by Gasteiger charge is -1.97. The molecule has 0 fully saturated rings. The molecule has 1 rings (SSSR count). The molecule has 0 bridgehead atoms. The molecule has 0 unspecified atom stereocenters. The summed E-state index contributed by atoms with van der Waals surface area (Å²) in [6.07, 6.45) is 0.530. The molecule has 0 aliphatic carbocycles. The van der Waals surface area contributed by atoms with Crippen LogP contribution >= 0.6 is 0 Å². The van der Waals surface area contributed by atoms with Crippen LogP contribution in [-0.2, 0) is 0 Å². The van der Waals surface area contributed by atoms with Gasteiger partial charge >= 0.3 is 5.97 Å². The number of halogens is 1. The highest BCUT2D eigenvalue weighted by Gasteiger charge is 2.09. The summed E-state index contributed by atoms with van der Waals surface area (Å²) >= 11 is 0. The van der Waals surface area contributed by atoms with Crippen molar-refractivity contribution in [1.29, 1.82) is 0 Å². The summed E-state index contributed by atoms with van der Waals surface area (Å²) in [5, 5.41) is 8.58. The van der Waals surface area contributed by atoms with Crippen molar-refractivity contribution >= 4 is 5.97 Å². The van der Waals surface area contributed by atoms with E-state index in [2.05, 4.69) is 11.8 Å². The second-order valence-electron chi connectivity index (χ2n) is 2.84. The highest BCUT2D eigenvalue weighted by molar-refractivity contribution is 5.88. The molecule has 0 spiro atoms.